The normalized spacial score (nSPS) is 10.9. The van der Waals surface area contributed by atoms with Gasteiger partial charge in [0.2, 0.25) is 0 Å². The maximum atomic E-state index is 5.96. The van der Waals surface area contributed by atoms with Gasteiger partial charge in [0.25, 0.3) is 0 Å². The molecular formula is C15H14Cl2N2. The first-order chi connectivity index (χ1) is 9.06. The molecule has 98 valence electrons. The van der Waals surface area contributed by atoms with Gasteiger partial charge < -0.3 is 5.32 Å². The Bertz CT molecular complexity index is 622. The van der Waals surface area contributed by atoms with Gasteiger partial charge in [-0.3, -0.25) is 0 Å². The highest BCUT2D eigenvalue weighted by Gasteiger charge is 1.98. The van der Waals surface area contributed by atoms with Crippen LogP contribution in [0.3, 0.4) is 0 Å². The van der Waals surface area contributed by atoms with Crippen LogP contribution in [0.2, 0.25) is 10.0 Å². The summed E-state index contributed by atoms with van der Waals surface area (Å²) in [6, 6.07) is 11.3. The Hall–Kier alpha value is -1.51. The molecule has 0 atom stereocenters. The minimum absolute atomic E-state index is 0.677. The fourth-order valence-corrected chi connectivity index (χ4v) is 1.98. The molecule has 0 saturated heterocycles. The smallest absolute Gasteiger partial charge is 0.0930 e. The second-order valence-electron chi connectivity index (χ2n) is 4.29. The van der Waals surface area contributed by atoms with Gasteiger partial charge in [-0.05, 0) is 49.2 Å². The lowest BCUT2D eigenvalue weighted by Crippen LogP contribution is -1.96. The monoisotopic (exact) mass is 292 g/mol. The second-order valence-corrected chi connectivity index (χ2v) is 5.17. The van der Waals surface area contributed by atoms with Gasteiger partial charge in [0.1, 0.15) is 0 Å². The Morgan fingerprint density at radius 1 is 0.947 bits per heavy atom. The van der Waals surface area contributed by atoms with Crippen molar-refractivity contribution in [2.24, 2.45) is 4.99 Å². The molecule has 2 rings (SSSR count). The molecule has 0 fully saturated rings. The van der Waals surface area contributed by atoms with Crippen LogP contribution >= 0.6 is 23.2 Å². The van der Waals surface area contributed by atoms with Crippen molar-refractivity contribution in [1.29, 1.82) is 0 Å². The van der Waals surface area contributed by atoms with E-state index in [-0.39, 0.29) is 0 Å². The van der Waals surface area contributed by atoms with E-state index < -0.39 is 0 Å². The van der Waals surface area contributed by atoms with E-state index in [2.05, 4.69) is 10.3 Å². The standard InChI is InChI=1S/C15H14Cl2N2/c1-10-3-5-12(16)7-14(10)18-9-19-15-8-13(17)6-4-11(15)2/h3-9H,1-2H3,(H,18,19). The highest BCUT2D eigenvalue weighted by Crippen LogP contribution is 2.23. The Balaban J connectivity index is 2.15. The van der Waals surface area contributed by atoms with Crippen molar-refractivity contribution in [3.8, 4) is 0 Å². The van der Waals surface area contributed by atoms with Gasteiger partial charge in [0.05, 0.1) is 12.0 Å². The van der Waals surface area contributed by atoms with Gasteiger partial charge in [0.15, 0.2) is 0 Å². The first-order valence-corrected chi connectivity index (χ1v) is 6.63. The molecule has 0 spiro atoms. The van der Waals surface area contributed by atoms with E-state index in [4.69, 9.17) is 23.2 Å². The van der Waals surface area contributed by atoms with E-state index >= 15 is 0 Å². The van der Waals surface area contributed by atoms with Crippen molar-refractivity contribution in [3.63, 3.8) is 0 Å². The third kappa shape index (κ3) is 3.72. The lowest BCUT2D eigenvalue weighted by Gasteiger charge is -2.05. The summed E-state index contributed by atoms with van der Waals surface area (Å²) in [5.74, 6) is 0. The van der Waals surface area contributed by atoms with E-state index in [1.54, 1.807) is 6.34 Å². The molecule has 0 radical (unpaired) electrons. The topological polar surface area (TPSA) is 24.4 Å². The van der Waals surface area contributed by atoms with Crippen LogP contribution in [-0.4, -0.2) is 6.34 Å². The summed E-state index contributed by atoms with van der Waals surface area (Å²) in [5, 5.41) is 4.50. The summed E-state index contributed by atoms with van der Waals surface area (Å²) in [6.07, 6.45) is 1.65. The van der Waals surface area contributed by atoms with E-state index in [9.17, 15) is 0 Å². The molecule has 0 heterocycles. The van der Waals surface area contributed by atoms with Gasteiger partial charge in [-0.1, -0.05) is 35.3 Å². The molecule has 4 heteroatoms. The number of rotatable bonds is 3. The molecule has 0 saturated carbocycles. The van der Waals surface area contributed by atoms with Crippen LogP contribution in [0.15, 0.2) is 41.4 Å². The molecule has 1 N–H and O–H groups in total. The minimum atomic E-state index is 0.677. The van der Waals surface area contributed by atoms with Crippen LogP contribution in [0.4, 0.5) is 11.4 Å². The molecule has 0 aromatic heterocycles. The molecular weight excluding hydrogens is 279 g/mol. The molecule has 0 bridgehead atoms. The third-order valence-corrected chi connectivity index (χ3v) is 3.26. The van der Waals surface area contributed by atoms with Crippen LogP contribution in [0.5, 0.6) is 0 Å². The summed E-state index contributed by atoms with van der Waals surface area (Å²) in [5.41, 5.74) is 3.97. The predicted molar refractivity (Wildman–Crippen MR) is 84.2 cm³/mol. The second kappa shape index (κ2) is 6.09. The number of benzene rings is 2. The van der Waals surface area contributed by atoms with Gasteiger partial charge in [-0.15, -0.1) is 0 Å². The summed E-state index contributed by atoms with van der Waals surface area (Å²) in [6.45, 7) is 4.00. The number of hydrogen-bond acceptors (Lipinski definition) is 1. The van der Waals surface area contributed by atoms with Crippen molar-refractivity contribution in [3.05, 3.63) is 57.6 Å². The molecule has 0 aliphatic carbocycles. The van der Waals surface area contributed by atoms with Crippen molar-refractivity contribution in [1.82, 2.24) is 0 Å². The van der Waals surface area contributed by atoms with Gasteiger partial charge in [-0.25, -0.2) is 4.99 Å². The summed E-state index contributed by atoms with van der Waals surface area (Å²) >= 11 is 11.9. The van der Waals surface area contributed by atoms with Gasteiger partial charge in [0, 0.05) is 15.7 Å². The number of nitrogens with one attached hydrogen (secondary N) is 1. The number of aryl methyl sites for hydroxylation is 2. The Labute approximate surface area is 123 Å². The third-order valence-electron chi connectivity index (χ3n) is 2.79. The van der Waals surface area contributed by atoms with Crippen molar-refractivity contribution < 1.29 is 0 Å². The van der Waals surface area contributed by atoms with E-state index in [1.807, 2.05) is 50.2 Å². The van der Waals surface area contributed by atoms with Crippen LogP contribution in [0.1, 0.15) is 11.1 Å². The summed E-state index contributed by atoms with van der Waals surface area (Å²) < 4.78 is 0. The molecule has 2 nitrogen and oxygen atoms in total. The number of hydrogen-bond donors (Lipinski definition) is 1. The Morgan fingerprint density at radius 3 is 2.32 bits per heavy atom. The fraction of sp³-hybridized carbons (Fsp3) is 0.133. The number of nitrogens with zero attached hydrogens (tertiary/aromatic N) is 1. The van der Waals surface area contributed by atoms with Crippen molar-refractivity contribution >= 4 is 40.9 Å². The zero-order valence-corrected chi connectivity index (χ0v) is 12.3. The van der Waals surface area contributed by atoms with Crippen LogP contribution in [0.25, 0.3) is 0 Å². The van der Waals surface area contributed by atoms with Gasteiger partial charge in [-0.2, -0.15) is 0 Å². The molecule has 0 aliphatic rings. The Kier molecular flexibility index (Phi) is 4.46. The van der Waals surface area contributed by atoms with Crippen molar-refractivity contribution in [2.45, 2.75) is 13.8 Å². The average molecular weight is 293 g/mol. The lowest BCUT2D eigenvalue weighted by molar-refractivity contribution is 1.40. The highest BCUT2D eigenvalue weighted by molar-refractivity contribution is 6.31. The zero-order valence-electron chi connectivity index (χ0n) is 10.7. The Morgan fingerprint density at radius 2 is 1.58 bits per heavy atom. The molecule has 0 unspecified atom stereocenters. The van der Waals surface area contributed by atoms with E-state index in [1.165, 1.54) is 0 Å². The van der Waals surface area contributed by atoms with E-state index in [0.29, 0.717) is 10.0 Å². The number of halogens is 2. The zero-order chi connectivity index (χ0) is 13.8. The average Bonchev–Trinajstić information content (AvgIpc) is 2.38. The lowest BCUT2D eigenvalue weighted by atomic mass is 10.2. The molecule has 2 aromatic rings. The SMILES string of the molecule is Cc1ccc(Cl)cc1N=CNc1cc(Cl)ccc1C. The summed E-state index contributed by atoms with van der Waals surface area (Å²) in [7, 11) is 0. The first-order valence-electron chi connectivity index (χ1n) is 5.87. The quantitative estimate of drug-likeness (QED) is 0.596. The van der Waals surface area contributed by atoms with Crippen LogP contribution in [-0.2, 0) is 0 Å². The summed E-state index contributed by atoms with van der Waals surface area (Å²) in [4.78, 5) is 4.37. The fourth-order valence-electron chi connectivity index (χ4n) is 1.64. The van der Waals surface area contributed by atoms with Crippen LogP contribution < -0.4 is 5.32 Å². The minimum Gasteiger partial charge on any atom is -0.346 e. The van der Waals surface area contributed by atoms with Gasteiger partial charge >= 0.3 is 0 Å². The number of anilines is 1. The first kappa shape index (κ1) is 13.9. The van der Waals surface area contributed by atoms with Crippen molar-refractivity contribution in [2.75, 3.05) is 5.32 Å². The predicted octanol–water partition coefficient (Wildman–Crippen LogP) is 5.38. The largest absolute Gasteiger partial charge is 0.346 e. The molecule has 0 aliphatic heterocycles. The molecule has 0 amide bonds. The molecule has 2 aromatic carbocycles. The number of aliphatic imine (C=N–C) groups is 1. The van der Waals surface area contributed by atoms with Crippen LogP contribution in [0, 0.1) is 13.8 Å². The maximum Gasteiger partial charge on any atom is 0.0930 e. The van der Waals surface area contributed by atoms with E-state index in [0.717, 1.165) is 22.5 Å². The highest BCUT2D eigenvalue weighted by atomic mass is 35.5. The maximum absolute atomic E-state index is 5.96. The molecule has 19 heavy (non-hydrogen) atoms.